The van der Waals surface area contributed by atoms with Crippen molar-refractivity contribution in [3.63, 3.8) is 0 Å². The molecule has 1 aromatic heterocycles. The van der Waals surface area contributed by atoms with Gasteiger partial charge in [-0.3, -0.25) is 9.59 Å². The van der Waals surface area contributed by atoms with Gasteiger partial charge in [-0.25, -0.2) is 0 Å². The second-order valence-electron chi connectivity index (χ2n) is 5.85. The first kappa shape index (κ1) is 18.8. The molecule has 8 heteroatoms. The van der Waals surface area contributed by atoms with E-state index in [1.807, 2.05) is 12.1 Å². The van der Waals surface area contributed by atoms with Crippen LogP contribution in [-0.2, 0) is 4.79 Å². The molecule has 1 heterocycles. The Balaban J connectivity index is 1.68. The highest BCUT2D eigenvalue weighted by Gasteiger charge is 2.11. The minimum atomic E-state index is -0.392. The number of ether oxygens (including phenoxy) is 1. The fourth-order valence-electron chi connectivity index (χ4n) is 2.48. The Morgan fingerprint density at radius 1 is 0.893 bits per heavy atom. The molecule has 3 N–H and O–H groups in total. The maximum absolute atomic E-state index is 12.4. The number of carbonyl (C=O) groups excluding carboxylic acids is 2. The van der Waals surface area contributed by atoms with E-state index >= 15 is 0 Å². The zero-order valence-corrected chi connectivity index (χ0v) is 15.4. The average Bonchev–Trinajstić information content (AvgIpc) is 2.68. The van der Waals surface area contributed by atoms with E-state index < -0.39 is 5.91 Å². The molecule has 0 fully saturated rings. The molecule has 3 rings (SSSR count). The predicted octanol–water partition coefficient (Wildman–Crippen LogP) is 3.44. The van der Waals surface area contributed by atoms with Gasteiger partial charge in [-0.05, 0) is 42.5 Å². The molecule has 2 aromatic carbocycles. The van der Waals surface area contributed by atoms with Gasteiger partial charge in [0.1, 0.15) is 5.75 Å². The Morgan fingerprint density at radius 2 is 1.68 bits per heavy atom. The number of nitrogens with one attached hydrogen (secondary N) is 3. The van der Waals surface area contributed by atoms with Crippen LogP contribution in [0.25, 0.3) is 0 Å². The largest absolute Gasteiger partial charge is 0.495 e. The van der Waals surface area contributed by atoms with Gasteiger partial charge in [-0.2, -0.15) is 0 Å². The van der Waals surface area contributed by atoms with Crippen LogP contribution in [0.15, 0.2) is 60.7 Å². The van der Waals surface area contributed by atoms with E-state index in [0.29, 0.717) is 22.9 Å². The first-order chi connectivity index (χ1) is 13.5. The summed E-state index contributed by atoms with van der Waals surface area (Å²) < 4.78 is 5.21. The molecular formula is C20H19N5O3. The lowest BCUT2D eigenvalue weighted by molar-refractivity contribution is -0.114. The quantitative estimate of drug-likeness (QED) is 0.608. The van der Waals surface area contributed by atoms with Gasteiger partial charge >= 0.3 is 0 Å². The number of para-hydroxylation sites is 2. The summed E-state index contributed by atoms with van der Waals surface area (Å²) in [5, 5.41) is 16.5. The van der Waals surface area contributed by atoms with Gasteiger partial charge < -0.3 is 20.7 Å². The molecule has 0 bridgehead atoms. The van der Waals surface area contributed by atoms with Crippen molar-refractivity contribution in [2.24, 2.45) is 0 Å². The van der Waals surface area contributed by atoms with Gasteiger partial charge in [0, 0.05) is 18.3 Å². The van der Waals surface area contributed by atoms with Crippen molar-refractivity contribution in [1.29, 1.82) is 0 Å². The molecule has 2 amide bonds. The maximum atomic E-state index is 12.4. The highest BCUT2D eigenvalue weighted by Crippen LogP contribution is 2.23. The van der Waals surface area contributed by atoms with Gasteiger partial charge in [0.15, 0.2) is 11.5 Å². The zero-order chi connectivity index (χ0) is 19.9. The molecule has 0 atom stereocenters. The van der Waals surface area contributed by atoms with E-state index in [9.17, 15) is 9.59 Å². The van der Waals surface area contributed by atoms with Crippen molar-refractivity contribution >= 4 is 34.7 Å². The molecule has 0 unspecified atom stereocenters. The number of methoxy groups -OCH3 is 1. The summed E-state index contributed by atoms with van der Waals surface area (Å²) in [5.41, 5.74) is 2.11. The number of hydrogen-bond acceptors (Lipinski definition) is 6. The van der Waals surface area contributed by atoms with Gasteiger partial charge in [-0.1, -0.05) is 18.2 Å². The Bertz CT molecular complexity index is 989. The molecule has 0 radical (unpaired) electrons. The second kappa shape index (κ2) is 8.63. The third-order valence-corrected chi connectivity index (χ3v) is 3.71. The number of anilines is 4. The Kier molecular flexibility index (Phi) is 5.81. The molecule has 8 nitrogen and oxygen atoms in total. The summed E-state index contributed by atoms with van der Waals surface area (Å²) in [5.74, 6) is 0.480. The van der Waals surface area contributed by atoms with Gasteiger partial charge in [0.05, 0.1) is 12.8 Å². The van der Waals surface area contributed by atoms with Crippen molar-refractivity contribution in [1.82, 2.24) is 10.2 Å². The molecule has 0 saturated carbocycles. The van der Waals surface area contributed by atoms with Crippen molar-refractivity contribution in [3.8, 4) is 5.75 Å². The first-order valence-electron chi connectivity index (χ1n) is 8.48. The second-order valence-corrected chi connectivity index (χ2v) is 5.85. The number of benzene rings is 2. The minimum Gasteiger partial charge on any atom is -0.495 e. The SMILES string of the molecule is COc1ccccc1NC(=O)c1ccc(Nc2cccc(NC(C)=O)c2)nn1. The van der Waals surface area contributed by atoms with Gasteiger partial charge in [0.2, 0.25) is 5.91 Å². The van der Waals surface area contributed by atoms with E-state index in [-0.39, 0.29) is 11.6 Å². The normalized spacial score (nSPS) is 10.1. The number of aromatic nitrogens is 2. The van der Waals surface area contributed by atoms with Gasteiger partial charge in [-0.15, -0.1) is 10.2 Å². The average molecular weight is 377 g/mol. The third-order valence-electron chi connectivity index (χ3n) is 3.71. The van der Waals surface area contributed by atoms with Crippen LogP contribution in [0.4, 0.5) is 22.9 Å². The molecule has 0 aliphatic carbocycles. The lowest BCUT2D eigenvalue weighted by atomic mass is 10.2. The van der Waals surface area contributed by atoms with Crippen LogP contribution in [0.1, 0.15) is 17.4 Å². The molecule has 28 heavy (non-hydrogen) atoms. The lowest BCUT2D eigenvalue weighted by Crippen LogP contribution is -2.15. The molecule has 3 aromatic rings. The Hall–Kier alpha value is -3.94. The van der Waals surface area contributed by atoms with Crippen LogP contribution in [0.5, 0.6) is 5.75 Å². The molecular weight excluding hydrogens is 358 g/mol. The number of nitrogens with zero attached hydrogens (tertiary/aromatic N) is 2. The van der Waals surface area contributed by atoms with Crippen LogP contribution >= 0.6 is 0 Å². The monoisotopic (exact) mass is 377 g/mol. The standard InChI is InChI=1S/C20H19N5O3/c1-13(26)21-14-6-5-7-15(12-14)22-19-11-10-17(24-25-19)20(27)23-16-8-3-4-9-18(16)28-2/h3-12H,1-2H3,(H,21,26)(H,22,25)(H,23,27). The summed E-state index contributed by atoms with van der Waals surface area (Å²) in [6.07, 6.45) is 0. The summed E-state index contributed by atoms with van der Waals surface area (Å²) in [4.78, 5) is 23.5. The van der Waals surface area contributed by atoms with Crippen LogP contribution in [0.2, 0.25) is 0 Å². The number of amides is 2. The van der Waals surface area contributed by atoms with Crippen LogP contribution in [0.3, 0.4) is 0 Å². The van der Waals surface area contributed by atoms with Crippen molar-refractivity contribution < 1.29 is 14.3 Å². The van der Waals surface area contributed by atoms with E-state index in [4.69, 9.17) is 4.74 Å². The first-order valence-corrected chi connectivity index (χ1v) is 8.48. The number of carbonyl (C=O) groups is 2. The highest BCUT2D eigenvalue weighted by molar-refractivity contribution is 6.03. The van der Waals surface area contributed by atoms with Crippen molar-refractivity contribution in [2.75, 3.05) is 23.1 Å². The van der Waals surface area contributed by atoms with Crippen molar-refractivity contribution in [2.45, 2.75) is 6.92 Å². The van der Waals surface area contributed by atoms with Crippen molar-refractivity contribution in [3.05, 3.63) is 66.4 Å². The molecule has 0 spiro atoms. The molecule has 142 valence electrons. The smallest absolute Gasteiger partial charge is 0.276 e. The lowest BCUT2D eigenvalue weighted by Gasteiger charge is -2.10. The van der Waals surface area contributed by atoms with E-state index in [1.54, 1.807) is 48.5 Å². The summed E-state index contributed by atoms with van der Waals surface area (Å²) in [6, 6.07) is 17.5. The van der Waals surface area contributed by atoms with Gasteiger partial charge in [0.25, 0.3) is 5.91 Å². The van der Waals surface area contributed by atoms with E-state index in [0.717, 1.165) is 5.69 Å². The number of rotatable bonds is 6. The van der Waals surface area contributed by atoms with Crippen LogP contribution in [-0.4, -0.2) is 29.1 Å². The molecule has 0 aliphatic rings. The number of hydrogen-bond donors (Lipinski definition) is 3. The maximum Gasteiger partial charge on any atom is 0.276 e. The van der Waals surface area contributed by atoms with E-state index in [2.05, 4.69) is 26.1 Å². The zero-order valence-electron chi connectivity index (χ0n) is 15.4. The summed E-state index contributed by atoms with van der Waals surface area (Å²) in [6.45, 7) is 1.44. The molecule has 0 saturated heterocycles. The minimum absolute atomic E-state index is 0.151. The fourth-order valence-corrected chi connectivity index (χ4v) is 2.48. The summed E-state index contributed by atoms with van der Waals surface area (Å²) in [7, 11) is 1.53. The molecule has 0 aliphatic heterocycles. The van der Waals surface area contributed by atoms with Crippen LogP contribution in [0, 0.1) is 0 Å². The van der Waals surface area contributed by atoms with Crippen LogP contribution < -0.4 is 20.7 Å². The Morgan fingerprint density at radius 3 is 2.39 bits per heavy atom. The summed E-state index contributed by atoms with van der Waals surface area (Å²) >= 11 is 0. The third kappa shape index (κ3) is 4.82. The predicted molar refractivity (Wildman–Crippen MR) is 107 cm³/mol. The Labute approximate surface area is 161 Å². The topological polar surface area (TPSA) is 105 Å². The fraction of sp³-hybridized carbons (Fsp3) is 0.100. The van der Waals surface area contributed by atoms with E-state index in [1.165, 1.54) is 14.0 Å². The highest BCUT2D eigenvalue weighted by atomic mass is 16.5.